The highest BCUT2D eigenvalue weighted by Gasteiger charge is 2.15. The molecule has 0 aliphatic rings. The van der Waals surface area contributed by atoms with Crippen LogP contribution in [0, 0.1) is 6.92 Å². The average Bonchev–Trinajstić information content (AvgIpc) is 2.94. The van der Waals surface area contributed by atoms with Crippen LogP contribution in [0.3, 0.4) is 0 Å². The van der Waals surface area contributed by atoms with Crippen LogP contribution in [-0.4, -0.2) is 27.2 Å². The van der Waals surface area contributed by atoms with Crippen molar-refractivity contribution < 1.29 is 22.7 Å². The fourth-order valence-corrected chi connectivity index (χ4v) is 5.19. The number of nitrogens with zero attached hydrogens (tertiary/aromatic N) is 1. The Labute approximate surface area is 242 Å². The summed E-state index contributed by atoms with van der Waals surface area (Å²) in [7, 11) is -3.41. The maximum Gasteiger partial charge on any atom is 0.306 e. The summed E-state index contributed by atoms with van der Waals surface area (Å²) in [4.78, 5) is 13.9. The molecule has 41 heavy (non-hydrogen) atoms. The van der Waals surface area contributed by atoms with E-state index in [4.69, 9.17) is 9.47 Å². The van der Waals surface area contributed by atoms with Gasteiger partial charge in [-0.1, -0.05) is 60.7 Å². The summed E-state index contributed by atoms with van der Waals surface area (Å²) in [6.07, 6.45) is 2.08. The number of carbonyl (C=O) groups is 1. The van der Waals surface area contributed by atoms with Gasteiger partial charge in [0.05, 0.1) is 18.6 Å². The van der Waals surface area contributed by atoms with Crippen LogP contribution in [-0.2, 0) is 39.1 Å². The molecule has 7 nitrogen and oxygen atoms in total. The molecule has 214 valence electrons. The van der Waals surface area contributed by atoms with E-state index in [1.807, 2.05) is 85.8 Å². The molecule has 4 rings (SSSR count). The number of benzene rings is 4. The number of sulfonamides is 1. The molecule has 4 aromatic rings. The van der Waals surface area contributed by atoms with Crippen LogP contribution >= 0.6 is 0 Å². The van der Waals surface area contributed by atoms with Gasteiger partial charge in [0, 0.05) is 25.2 Å². The van der Waals surface area contributed by atoms with Gasteiger partial charge in [-0.25, -0.2) is 8.42 Å². The molecule has 1 N–H and O–H groups in total. The third kappa shape index (κ3) is 9.11. The summed E-state index contributed by atoms with van der Waals surface area (Å²) in [5.41, 5.74) is 5.61. The summed E-state index contributed by atoms with van der Waals surface area (Å²) in [5, 5.41) is 0. The van der Waals surface area contributed by atoms with Crippen LogP contribution in [0.1, 0.15) is 35.6 Å². The van der Waals surface area contributed by atoms with Gasteiger partial charge in [0.2, 0.25) is 10.0 Å². The second-order valence-electron chi connectivity index (χ2n) is 9.86. The van der Waals surface area contributed by atoms with Gasteiger partial charge in [-0.05, 0) is 78.9 Å². The Morgan fingerprint density at radius 2 is 1.46 bits per heavy atom. The van der Waals surface area contributed by atoms with Crippen LogP contribution in [0.2, 0.25) is 0 Å². The normalized spacial score (nSPS) is 11.1. The largest absolute Gasteiger partial charge is 0.466 e. The second kappa shape index (κ2) is 13.9. The number of hydrogen-bond acceptors (Lipinski definition) is 6. The lowest BCUT2D eigenvalue weighted by Gasteiger charge is -2.28. The predicted molar refractivity (Wildman–Crippen MR) is 164 cm³/mol. The van der Waals surface area contributed by atoms with Crippen LogP contribution in [0.25, 0.3) is 0 Å². The molecular formula is C33H36N2O5S. The molecule has 0 saturated carbocycles. The Hall–Kier alpha value is -4.30. The van der Waals surface area contributed by atoms with Crippen molar-refractivity contribution in [1.82, 2.24) is 0 Å². The minimum atomic E-state index is -3.41. The van der Waals surface area contributed by atoms with Gasteiger partial charge in [0.1, 0.15) is 11.5 Å². The molecule has 0 aliphatic heterocycles. The molecule has 0 saturated heterocycles. The molecule has 0 amide bonds. The highest BCUT2D eigenvalue weighted by Crippen LogP contribution is 2.31. The van der Waals surface area contributed by atoms with Gasteiger partial charge < -0.3 is 14.4 Å². The zero-order valence-electron chi connectivity index (χ0n) is 23.7. The monoisotopic (exact) mass is 572 g/mol. The highest BCUT2D eigenvalue weighted by atomic mass is 32.2. The van der Waals surface area contributed by atoms with Crippen molar-refractivity contribution in [3.05, 3.63) is 119 Å². The Bertz CT molecular complexity index is 1550. The van der Waals surface area contributed by atoms with E-state index in [1.165, 1.54) is 0 Å². The molecule has 0 spiro atoms. The molecule has 0 radical (unpaired) electrons. The van der Waals surface area contributed by atoms with Crippen LogP contribution in [0.15, 0.2) is 97.1 Å². The lowest BCUT2D eigenvalue weighted by Crippen LogP contribution is -2.23. The van der Waals surface area contributed by atoms with E-state index >= 15 is 0 Å². The zero-order chi connectivity index (χ0) is 29.2. The molecule has 4 aromatic carbocycles. The molecule has 0 heterocycles. The Balaban J connectivity index is 1.50. The summed E-state index contributed by atoms with van der Waals surface area (Å²) < 4.78 is 37.6. The molecule has 0 atom stereocenters. The highest BCUT2D eigenvalue weighted by molar-refractivity contribution is 7.92. The first-order chi connectivity index (χ1) is 19.7. The molecular weight excluding hydrogens is 536 g/mol. The number of nitrogens with one attached hydrogen (secondary N) is 1. The third-order valence-corrected chi connectivity index (χ3v) is 7.10. The first-order valence-corrected chi connectivity index (χ1v) is 15.5. The molecule has 0 fully saturated rings. The quantitative estimate of drug-likeness (QED) is 0.176. The van der Waals surface area contributed by atoms with E-state index in [9.17, 15) is 13.2 Å². The van der Waals surface area contributed by atoms with Crippen molar-refractivity contribution in [2.75, 3.05) is 22.5 Å². The summed E-state index contributed by atoms with van der Waals surface area (Å²) in [6, 6.07) is 31.5. The maximum atomic E-state index is 11.9. The zero-order valence-corrected chi connectivity index (χ0v) is 24.5. The number of esters is 1. The average molecular weight is 573 g/mol. The van der Waals surface area contributed by atoms with Gasteiger partial charge in [-0.15, -0.1) is 0 Å². The van der Waals surface area contributed by atoms with Crippen LogP contribution in [0.5, 0.6) is 11.5 Å². The Kier molecular flexibility index (Phi) is 10.0. The first kappa shape index (κ1) is 29.7. The van der Waals surface area contributed by atoms with Gasteiger partial charge in [-0.3, -0.25) is 9.52 Å². The number of anilines is 2. The lowest BCUT2D eigenvalue weighted by molar-refractivity contribution is -0.143. The lowest BCUT2D eigenvalue weighted by atomic mass is 10.1. The molecule has 0 unspecified atom stereocenters. The predicted octanol–water partition coefficient (Wildman–Crippen LogP) is 6.86. The van der Waals surface area contributed by atoms with E-state index in [0.717, 1.165) is 34.2 Å². The maximum absolute atomic E-state index is 11.9. The van der Waals surface area contributed by atoms with Crippen LogP contribution in [0.4, 0.5) is 11.4 Å². The fraction of sp³-hybridized carbons (Fsp3) is 0.242. The van der Waals surface area contributed by atoms with Gasteiger partial charge in [0.25, 0.3) is 0 Å². The summed E-state index contributed by atoms with van der Waals surface area (Å²) in [6.45, 7) is 5.38. The van der Waals surface area contributed by atoms with Crippen molar-refractivity contribution in [3.63, 3.8) is 0 Å². The number of hydrogen-bond donors (Lipinski definition) is 1. The number of rotatable bonds is 13. The fourth-order valence-electron chi connectivity index (χ4n) is 4.57. The van der Waals surface area contributed by atoms with E-state index < -0.39 is 10.0 Å². The van der Waals surface area contributed by atoms with E-state index in [1.54, 1.807) is 13.0 Å². The molecule has 8 heteroatoms. The molecule has 0 aliphatic carbocycles. The number of aryl methyl sites for hydroxylation is 1. The van der Waals surface area contributed by atoms with Crippen LogP contribution < -0.4 is 14.4 Å². The third-order valence-electron chi connectivity index (χ3n) is 6.51. The summed E-state index contributed by atoms with van der Waals surface area (Å²) in [5.74, 6) is 1.21. The number of carbonyl (C=O) groups excluding carboxylic acids is 1. The van der Waals surface area contributed by atoms with Gasteiger partial charge >= 0.3 is 5.97 Å². The van der Waals surface area contributed by atoms with Crippen molar-refractivity contribution in [2.45, 2.75) is 39.8 Å². The summed E-state index contributed by atoms with van der Waals surface area (Å²) >= 11 is 0. The van der Waals surface area contributed by atoms with E-state index in [-0.39, 0.29) is 5.97 Å². The SMILES string of the molecule is CCOC(=O)CCc1cccc(Oc2ccc(CN(Cc3ccccc3)c3cccc(NS(C)(=O)=O)c3C)cc2)c1. The number of ether oxygens (including phenoxy) is 2. The smallest absolute Gasteiger partial charge is 0.306 e. The molecule has 0 bridgehead atoms. The Morgan fingerprint density at radius 1 is 0.805 bits per heavy atom. The minimum Gasteiger partial charge on any atom is -0.466 e. The topological polar surface area (TPSA) is 84.9 Å². The van der Waals surface area contributed by atoms with E-state index in [0.29, 0.717) is 49.7 Å². The van der Waals surface area contributed by atoms with Crippen molar-refractivity contribution in [3.8, 4) is 11.5 Å². The van der Waals surface area contributed by atoms with Crippen molar-refractivity contribution >= 4 is 27.4 Å². The first-order valence-electron chi connectivity index (χ1n) is 13.6. The Morgan fingerprint density at radius 3 is 2.15 bits per heavy atom. The second-order valence-corrected chi connectivity index (χ2v) is 11.6. The van der Waals surface area contributed by atoms with E-state index in [2.05, 4.69) is 21.8 Å². The molecule has 0 aromatic heterocycles. The van der Waals surface area contributed by atoms with Gasteiger partial charge in [0.15, 0.2) is 0 Å². The van der Waals surface area contributed by atoms with Crippen molar-refractivity contribution in [2.24, 2.45) is 0 Å². The van der Waals surface area contributed by atoms with Crippen molar-refractivity contribution in [1.29, 1.82) is 0 Å². The van der Waals surface area contributed by atoms with Gasteiger partial charge in [-0.2, -0.15) is 0 Å². The minimum absolute atomic E-state index is 0.204. The standard InChI is InChI=1S/C33H36N2O5S/c1-4-39-33(36)21-18-26-12-8-13-30(22-26)40-29-19-16-28(17-20-29)24-35(23-27-10-6-5-7-11-27)32-15-9-14-31(25(32)2)34-41(3,37)38/h5-17,19-20,22,34H,4,18,21,23-24H2,1-3H3.